The summed E-state index contributed by atoms with van der Waals surface area (Å²) in [5, 5.41) is 4.65. The molecule has 1 aliphatic rings. The minimum Gasteiger partial charge on any atom is -0.497 e. The van der Waals surface area contributed by atoms with Crippen LogP contribution in [-0.2, 0) is 40.3 Å². The minimum atomic E-state index is -0.353. The van der Waals surface area contributed by atoms with Gasteiger partial charge in [-0.05, 0) is 55.4 Å². The van der Waals surface area contributed by atoms with E-state index < -0.39 is 0 Å². The van der Waals surface area contributed by atoms with E-state index in [2.05, 4.69) is 12.2 Å². The Morgan fingerprint density at radius 1 is 1.15 bits per heavy atom. The van der Waals surface area contributed by atoms with Crippen molar-refractivity contribution in [3.05, 3.63) is 46.1 Å². The molecule has 176 valence electrons. The van der Waals surface area contributed by atoms with Gasteiger partial charge in [-0.1, -0.05) is 25.5 Å². The van der Waals surface area contributed by atoms with Crippen LogP contribution in [0.2, 0.25) is 0 Å². The number of aryl methyl sites for hydroxylation is 2. The molecule has 2 aromatic heterocycles. The number of carbonyl (C=O) groups excluding carboxylic acids is 1. The summed E-state index contributed by atoms with van der Waals surface area (Å²) in [6, 6.07) is 8.00. The first kappa shape index (κ1) is 23.4. The summed E-state index contributed by atoms with van der Waals surface area (Å²) in [6.45, 7) is 3.20. The highest BCUT2D eigenvalue weighted by Gasteiger charge is 2.21. The summed E-state index contributed by atoms with van der Waals surface area (Å²) in [7, 11) is 1.67. The molecule has 8 heteroatoms. The number of hydrogen-bond donors (Lipinski definition) is 1. The van der Waals surface area contributed by atoms with E-state index in [0.717, 1.165) is 53.0 Å². The smallest absolute Gasteiger partial charge is 0.332 e. The van der Waals surface area contributed by atoms with Gasteiger partial charge in [0.05, 0.1) is 19.1 Å². The van der Waals surface area contributed by atoms with Gasteiger partial charge in [0.25, 0.3) is 0 Å². The van der Waals surface area contributed by atoms with Crippen LogP contribution in [0.5, 0.6) is 5.75 Å². The van der Waals surface area contributed by atoms with E-state index in [1.165, 1.54) is 23.3 Å². The summed E-state index contributed by atoms with van der Waals surface area (Å²) in [6.07, 6.45) is 6.43. The lowest BCUT2D eigenvalue weighted by Gasteiger charge is -2.14. The zero-order valence-corrected chi connectivity index (χ0v) is 20.1. The molecule has 1 aliphatic carbocycles. The van der Waals surface area contributed by atoms with Gasteiger partial charge in [-0.15, -0.1) is 11.3 Å². The second-order valence-corrected chi connectivity index (χ2v) is 9.23. The lowest BCUT2D eigenvalue weighted by atomic mass is 9.97. The quantitative estimate of drug-likeness (QED) is 0.311. The molecule has 2 heterocycles. The van der Waals surface area contributed by atoms with E-state index in [0.29, 0.717) is 19.0 Å². The molecule has 0 bridgehead atoms. The van der Waals surface area contributed by atoms with Crippen molar-refractivity contribution in [2.75, 3.05) is 25.6 Å². The Balaban J connectivity index is 1.50. The zero-order valence-electron chi connectivity index (χ0n) is 19.3. The third-order valence-electron chi connectivity index (χ3n) is 5.69. The number of anilines is 1. The van der Waals surface area contributed by atoms with Crippen LogP contribution in [0, 0.1) is 0 Å². The number of hydrogen-bond acceptors (Lipinski definition) is 8. The topological polar surface area (TPSA) is 82.6 Å². The average molecular weight is 470 g/mol. The monoisotopic (exact) mass is 469 g/mol. The fraction of sp³-hybridized carbons (Fsp3) is 0.480. The Labute approximate surface area is 198 Å². The molecule has 0 saturated heterocycles. The van der Waals surface area contributed by atoms with Gasteiger partial charge < -0.3 is 19.5 Å². The predicted octanol–water partition coefficient (Wildman–Crippen LogP) is 5.05. The van der Waals surface area contributed by atoms with Gasteiger partial charge >= 0.3 is 5.97 Å². The number of ether oxygens (including phenoxy) is 3. The maximum Gasteiger partial charge on any atom is 0.332 e. The molecule has 0 aliphatic heterocycles. The number of thiophene rings is 1. The van der Waals surface area contributed by atoms with Crippen molar-refractivity contribution in [2.24, 2.45) is 0 Å². The van der Waals surface area contributed by atoms with Crippen molar-refractivity contribution >= 4 is 33.3 Å². The standard InChI is InChI=1S/C25H31N3O4S/c1-3-4-13-32-22(29)16-31-15-21-27-24(26-14-17-9-11-18(30-2)12-10-17)23-19-7-5-6-8-20(19)33-25(23)28-21/h9-12H,3-8,13-16H2,1-2H3,(H,26,27,28). The molecule has 33 heavy (non-hydrogen) atoms. The predicted molar refractivity (Wildman–Crippen MR) is 130 cm³/mol. The molecule has 0 atom stereocenters. The fourth-order valence-electron chi connectivity index (χ4n) is 3.92. The lowest BCUT2D eigenvalue weighted by molar-refractivity contribution is -0.149. The zero-order chi connectivity index (χ0) is 23.0. The van der Waals surface area contributed by atoms with Gasteiger partial charge in [0.15, 0.2) is 5.82 Å². The van der Waals surface area contributed by atoms with Crippen LogP contribution in [0.3, 0.4) is 0 Å². The second-order valence-electron chi connectivity index (χ2n) is 8.15. The number of methoxy groups -OCH3 is 1. The third-order valence-corrected chi connectivity index (χ3v) is 6.88. The summed E-state index contributed by atoms with van der Waals surface area (Å²) < 4.78 is 16.0. The second kappa shape index (κ2) is 11.4. The molecule has 4 rings (SSSR count). The SMILES string of the molecule is CCCCOC(=O)COCc1nc(NCc2ccc(OC)cc2)c2c3c(sc2n1)CCCC3. The van der Waals surface area contributed by atoms with E-state index in [9.17, 15) is 4.79 Å². The van der Waals surface area contributed by atoms with Gasteiger partial charge in [0.1, 0.15) is 29.6 Å². The van der Waals surface area contributed by atoms with E-state index in [1.807, 2.05) is 24.3 Å². The number of nitrogens with zero attached hydrogens (tertiary/aromatic N) is 2. The summed E-state index contributed by atoms with van der Waals surface area (Å²) in [4.78, 5) is 23.8. The molecule has 0 amide bonds. The van der Waals surface area contributed by atoms with Gasteiger partial charge in [-0.3, -0.25) is 0 Å². The van der Waals surface area contributed by atoms with Crippen LogP contribution in [0.25, 0.3) is 10.2 Å². The van der Waals surface area contributed by atoms with Crippen LogP contribution < -0.4 is 10.1 Å². The number of nitrogens with one attached hydrogen (secondary N) is 1. The summed E-state index contributed by atoms with van der Waals surface area (Å²) in [5.41, 5.74) is 2.52. The molecule has 0 unspecified atom stereocenters. The molecule has 3 aromatic rings. The molecule has 0 saturated carbocycles. The van der Waals surface area contributed by atoms with Crippen molar-refractivity contribution in [3.63, 3.8) is 0 Å². The van der Waals surface area contributed by atoms with Gasteiger partial charge in [0.2, 0.25) is 0 Å². The Morgan fingerprint density at radius 3 is 2.76 bits per heavy atom. The number of carbonyl (C=O) groups is 1. The number of esters is 1. The Morgan fingerprint density at radius 2 is 1.97 bits per heavy atom. The highest BCUT2D eigenvalue weighted by molar-refractivity contribution is 7.19. The molecule has 0 spiro atoms. The van der Waals surface area contributed by atoms with Crippen LogP contribution in [0.15, 0.2) is 24.3 Å². The summed E-state index contributed by atoms with van der Waals surface area (Å²) >= 11 is 1.75. The van der Waals surface area contributed by atoms with Crippen LogP contribution in [0.1, 0.15) is 54.4 Å². The van der Waals surface area contributed by atoms with Crippen LogP contribution in [0.4, 0.5) is 5.82 Å². The van der Waals surface area contributed by atoms with Gasteiger partial charge in [0, 0.05) is 11.4 Å². The molecule has 1 aromatic carbocycles. The largest absolute Gasteiger partial charge is 0.497 e. The maximum atomic E-state index is 11.8. The first-order chi connectivity index (χ1) is 16.2. The maximum absolute atomic E-state index is 11.8. The first-order valence-corrected chi connectivity index (χ1v) is 12.4. The molecule has 1 N–H and O–H groups in total. The van der Waals surface area contributed by atoms with Crippen molar-refractivity contribution in [3.8, 4) is 5.75 Å². The highest BCUT2D eigenvalue weighted by atomic mass is 32.1. The molecule has 0 radical (unpaired) electrons. The number of aromatic nitrogens is 2. The fourth-order valence-corrected chi connectivity index (χ4v) is 5.20. The van der Waals surface area contributed by atoms with Crippen molar-refractivity contribution in [1.82, 2.24) is 9.97 Å². The Hall–Kier alpha value is -2.71. The first-order valence-electron chi connectivity index (χ1n) is 11.6. The highest BCUT2D eigenvalue weighted by Crippen LogP contribution is 2.38. The van der Waals surface area contributed by atoms with E-state index in [4.69, 9.17) is 24.2 Å². The van der Waals surface area contributed by atoms with E-state index in [-0.39, 0.29) is 19.2 Å². The van der Waals surface area contributed by atoms with E-state index >= 15 is 0 Å². The number of rotatable bonds is 11. The molecular formula is C25H31N3O4S. The van der Waals surface area contributed by atoms with Crippen molar-refractivity contribution in [2.45, 2.75) is 58.6 Å². The number of fused-ring (bicyclic) bond motifs is 3. The van der Waals surface area contributed by atoms with Crippen LogP contribution >= 0.6 is 11.3 Å². The Bertz CT molecular complexity index is 1080. The van der Waals surface area contributed by atoms with Crippen molar-refractivity contribution in [1.29, 1.82) is 0 Å². The Kier molecular flexibility index (Phi) is 8.12. The number of unbranched alkanes of at least 4 members (excludes halogenated alkanes) is 1. The summed E-state index contributed by atoms with van der Waals surface area (Å²) in [5.74, 6) is 1.88. The average Bonchev–Trinajstić information content (AvgIpc) is 3.21. The molecular weight excluding hydrogens is 438 g/mol. The van der Waals surface area contributed by atoms with Crippen molar-refractivity contribution < 1.29 is 19.0 Å². The van der Waals surface area contributed by atoms with E-state index in [1.54, 1.807) is 18.4 Å². The lowest BCUT2D eigenvalue weighted by Crippen LogP contribution is -2.14. The normalized spacial score (nSPS) is 13.0. The minimum absolute atomic E-state index is 0.0966. The molecule has 7 nitrogen and oxygen atoms in total. The molecule has 0 fully saturated rings. The third kappa shape index (κ3) is 6.00. The number of benzene rings is 1. The van der Waals surface area contributed by atoms with Gasteiger partial charge in [-0.2, -0.15) is 0 Å². The van der Waals surface area contributed by atoms with Gasteiger partial charge in [-0.25, -0.2) is 14.8 Å². The van der Waals surface area contributed by atoms with Crippen LogP contribution in [-0.4, -0.2) is 36.3 Å².